The molecule has 2 aliphatic rings. The summed E-state index contributed by atoms with van der Waals surface area (Å²) < 4.78 is 0. The predicted octanol–water partition coefficient (Wildman–Crippen LogP) is 1.59. The predicted molar refractivity (Wildman–Crippen MR) is 72.9 cm³/mol. The Morgan fingerprint density at radius 3 is 2.63 bits per heavy atom. The smallest absolute Gasteiger partial charge is 0.247 e. The van der Waals surface area contributed by atoms with Gasteiger partial charge in [0, 0.05) is 0 Å². The minimum atomic E-state index is -0.0943. The number of imide groups is 1. The normalized spacial score (nSPS) is 19.6. The third-order valence-electron chi connectivity index (χ3n) is 3.88. The first kappa shape index (κ1) is 12.4. The van der Waals surface area contributed by atoms with Crippen LogP contribution in [0.2, 0.25) is 0 Å². The van der Waals surface area contributed by atoms with Crippen molar-refractivity contribution in [2.24, 2.45) is 0 Å². The lowest BCUT2D eigenvalue weighted by molar-refractivity contribution is -0.126. The van der Waals surface area contributed by atoms with Gasteiger partial charge in [-0.1, -0.05) is 24.6 Å². The highest BCUT2D eigenvalue weighted by atomic mass is 16.2. The Morgan fingerprint density at radius 2 is 1.84 bits per heavy atom. The van der Waals surface area contributed by atoms with Crippen LogP contribution >= 0.6 is 0 Å². The highest BCUT2D eigenvalue weighted by molar-refractivity contribution is 6.19. The molecule has 4 nitrogen and oxygen atoms in total. The van der Waals surface area contributed by atoms with Gasteiger partial charge in [0.05, 0.1) is 18.7 Å². The van der Waals surface area contributed by atoms with Gasteiger partial charge in [-0.2, -0.15) is 0 Å². The van der Waals surface area contributed by atoms with E-state index in [-0.39, 0.29) is 11.8 Å². The lowest BCUT2D eigenvalue weighted by atomic mass is 10.1. The molecule has 19 heavy (non-hydrogen) atoms. The van der Waals surface area contributed by atoms with Crippen LogP contribution in [0, 0.1) is 0 Å². The molecule has 3 rings (SSSR count). The Balaban J connectivity index is 1.74. The topological polar surface area (TPSA) is 40.6 Å². The van der Waals surface area contributed by atoms with Crippen LogP contribution in [-0.4, -0.2) is 36.3 Å². The van der Waals surface area contributed by atoms with Crippen LogP contribution in [0.3, 0.4) is 0 Å². The van der Waals surface area contributed by atoms with Crippen molar-refractivity contribution in [3.63, 3.8) is 0 Å². The summed E-state index contributed by atoms with van der Waals surface area (Å²) >= 11 is 0. The van der Waals surface area contributed by atoms with Crippen LogP contribution in [0.15, 0.2) is 24.3 Å². The maximum absolute atomic E-state index is 12.4. The van der Waals surface area contributed by atoms with E-state index in [0.717, 1.165) is 37.2 Å². The number of nitrogens with zero attached hydrogens (tertiary/aromatic N) is 2. The van der Waals surface area contributed by atoms with Crippen molar-refractivity contribution < 1.29 is 9.59 Å². The third kappa shape index (κ3) is 2.40. The molecule has 1 fully saturated rings. The van der Waals surface area contributed by atoms with Crippen molar-refractivity contribution in [2.75, 3.05) is 24.5 Å². The minimum Gasteiger partial charge on any atom is -0.294 e. The monoisotopic (exact) mass is 258 g/mol. The molecule has 0 bridgehead atoms. The Hall–Kier alpha value is -1.68. The van der Waals surface area contributed by atoms with Gasteiger partial charge in [0.25, 0.3) is 0 Å². The lowest BCUT2D eigenvalue weighted by Gasteiger charge is -2.27. The minimum absolute atomic E-state index is 0.0862. The number of piperidine rings is 1. The van der Waals surface area contributed by atoms with Gasteiger partial charge >= 0.3 is 0 Å². The fourth-order valence-corrected chi connectivity index (χ4v) is 2.91. The fraction of sp³-hybridized carbons (Fsp3) is 0.467. The van der Waals surface area contributed by atoms with Crippen LogP contribution in [0.25, 0.3) is 0 Å². The number of likely N-dealkylation sites (tertiary alicyclic amines) is 1. The quantitative estimate of drug-likeness (QED) is 0.809. The zero-order valence-corrected chi connectivity index (χ0v) is 11.0. The van der Waals surface area contributed by atoms with Gasteiger partial charge in [-0.15, -0.1) is 0 Å². The zero-order chi connectivity index (χ0) is 13.2. The van der Waals surface area contributed by atoms with Gasteiger partial charge in [-0.05, 0) is 37.6 Å². The van der Waals surface area contributed by atoms with Gasteiger partial charge in [-0.3, -0.25) is 14.5 Å². The second kappa shape index (κ2) is 5.13. The van der Waals surface area contributed by atoms with E-state index in [9.17, 15) is 9.59 Å². The van der Waals surface area contributed by atoms with E-state index in [0.29, 0.717) is 13.0 Å². The number of para-hydroxylation sites is 1. The number of anilines is 1. The number of fused-ring (bicyclic) bond motifs is 1. The van der Waals surface area contributed by atoms with E-state index in [1.54, 1.807) is 0 Å². The molecule has 0 unspecified atom stereocenters. The molecule has 0 radical (unpaired) electrons. The van der Waals surface area contributed by atoms with Crippen LogP contribution < -0.4 is 4.90 Å². The van der Waals surface area contributed by atoms with E-state index in [4.69, 9.17) is 0 Å². The molecule has 2 heterocycles. The zero-order valence-electron chi connectivity index (χ0n) is 11.0. The molecule has 0 saturated carbocycles. The average Bonchev–Trinajstić information content (AvgIpc) is 2.75. The summed E-state index contributed by atoms with van der Waals surface area (Å²) in [6.45, 7) is 2.30. The Kier molecular flexibility index (Phi) is 3.34. The molecular formula is C15H18N2O2. The Labute approximate surface area is 113 Å². The summed E-state index contributed by atoms with van der Waals surface area (Å²) in [5.41, 5.74) is 1.73. The van der Waals surface area contributed by atoms with E-state index in [2.05, 4.69) is 4.90 Å². The highest BCUT2D eigenvalue weighted by Crippen LogP contribution is 2.28. The molecular weight excluding hydrogens is 240 g/mol. The molecule has 1 aromatic rings. The number of hydrogen-bond donors (Lipinski definition) is 0. The molecule has 4 heteroatoms. The van der Waals surface area contributed by atoms with Gasteiger partial charge in [0.1, 0.15) is 0 Å². The van der Waals surface area contributed by atoms with Crippen LogP contribution in [-0.2, 0) is 16.0 Å². The molecule has 2 aliphatic heterocycles. The summed E-state index contributed by atoms with van der Waals surface area (Å²) in [4.78, 5) is 27.9. The van der Waals surface area contributed by atoms with Crippen molar-refractivity contribution in [3.05, 3.63) is 29.8 Å². The molecule has 0 N–H and O–H groups in total. The summed E-state index contributed by atoms with van der Waals surface area (Å²) in [6.07, 6.45) is 3.90. The maximum Gasteiger partial charge on any atom is 0.247 e. The SMILES string of the molecule is O=C1Cc2ccccc2N1C(=O)CN1CCCCC1. The number of rotatable bonds is 2. The third-order valence-corrected chi connectivity index (χ3v) is 3.88. The second-order valence-corrected chi connectivity index (χ2v) is 5.27. The fourth-order valence-electron chi connectivity index (χ4n) is 2.91. The van der Waals surface area contributed by atoms with Crippen molar-refractivity contribution >= 4 is 17.5 Å². The molecule has 0 atom stereocenters. The molecule has 0 aromatic heterocycles. The van der Waals surface area contributed by atoms with Crippen molar-refractivity contribution in [1.29, 1.82) is 0 Å². The largest absolute Gasteiger partial charge is 0.294 e. The number of hydrogen-bond acceptors (Lipinski definition) is 3. The van der Waals surface area contributed by atoms with Crippen LogP contribution in [0.4, 0.5) is 5.69 Å². The standard InChI is InChI=1S/C15H18N2O2/c18-14-10-12-6-2-3-7-13(12)17(14)15(19)11-16-8-4-1-5-9-16/h2-3,6-7H,1,4-5,8-11H2. The lowest BCUT2D eigenvalue weighted by Crippen LogP contribution is -2.43. The van der Waals surface area contributed by atoms with Gasteiger partial charge in [0.2, 0.25) is 11.8 Å². The van der Waals surface area contributed by atoms with E-state index in [1.165, 1.54) is 11.3 Å². The molecule has 2 amide bonds. The Bertz CT molecular complexity index is 507. The van der Waals surface area contributed by atoms with Gasteiger partial charge in [-0.25, -0.2) is 4.90 Å². The van der Waals surface area contributed by atoms with Crippen LogP contribution in [0.5, 0.6) is 0 Å². The van der Waals surface area contributed by atoms with E-state index >= 15 is 0 Å². The Morgan fingerprint density at radius 1 is 1.11 bits per heavy atom. The molecule has 0 aliphatic carbocycles. The van der Waals surface area contributed by atoms with Gasteiger partial charge in [0.15, 0.2) is 0 Å². The average molecular weight is 258 g/mol. The molecule has 100 valence electrons. The summed E-state index contributed by atoms with van der Waals surface area (Å²) in [5.74, 6) is -0.181. The number of carbonyl (C=O) groups is 2. The number of carbonyl (C=O) groups excluding carboxylic acids is 2. The highest BCUT2D eigenvalue weighted by Gasteiger charge is 2.32. The molecule has 1 saturated heterocycles. The van der Waals surface area contributed by atoms with E-state index in [1.807, 2.05) is 24.3 Å². The maximum atomic E-state index is 12.4. The first-order chi connectivity index (χ1) is 9.25. The molecule has 1 aromatic carbocycles. The molecule has 0 spiro atoms. The van der Waals surface area contributed by atoms with Crippen molar-refractivity contribution in [3.8, 4) is 0 Å². The van der Waals surface area contributed by atoms with Gasteiger partial charge < -0.3 is 0 Å². The number of benzene rings is 1. The van der Waals surface area contributed by atoms with Crippen molar-refractivity contribution in [2.45, 2.75) is 25.7 Å². The first-order valence-electron chi connectivity index (χ1n) is 6.92. The first-order valence-corrected chi connectivity index (χ1v) is 6.92. The van der Waals surface area contributed by atoms with Crippen LogP contribution in [0.1, 0.15) is 24.8 Å². The number of amides is 2. The summed E-state index contributed by atoms with van der Waals surface area (Å²) in [5, 5.41) is 0. The van der Waals surface area contributed by atoms with E-state index < -0.39 is 0 Å². The summed E-state index contributed by atoms with van der Waals surface area (Å²) in [6, 6.07) is 7.55. The summed E-state index contributed by atoms with van der Waals surface area (Å²) in [7, 11) is 0. The second-order valence-electron chi connectivity index (χ2n) is 5.27. The van der Waals surface area contributed by atoms with Crippen molar-refractivity contribution in [1.82, 2.24) is 4.90 Å².